The topological polar surface area (TPSA) is 59.2 Å². The molecule has 3 fully saturated rings. The SMILES string of the molecule is CC(C)(C)c1nnc(C23CCC(CO)(CC2)CC3)o1. The van der Waals surface area contributed by atoms with E-state index in [1.807, 2.05) is 0 Å². The van der Waals surface area contributed by atoms with E-state index < -0.39 is 0 Å². The molecule has 1 aromatic heterocycles. The van der Waals surface area contributed by atoms with Crippen LogP contribution in [0.15, 0.2) is 4.42 Å². The molecule has 1 N–H and O–H groups in total. The lowest BCUT2D eigenvalue weighted by atomic mass is 9.54. The van der Waals surface area contributed by atoms with Crippen molar-refractivity contribution in [2.24, 2.45) is 5.41 Å². The molecule has 2 bridgehead atoms. The Morgan fingerprint density at radius 2 is 1.63 bits per heavy atom. The van der Waals surface area contributed by atoms with E-state index in [2.05, 4.69) is 31.0 Å². The smallest absolute Gasteiger partial charge is 0.222 e. The van der Waals surface area contributed by atoms with E-state index in [4.69, 9.17) is 4.42 Å². The lowest BCUT2D eigenvalue weighted by Gasteiger charge is -2.51. The van der Waals surface area contributed by atoms with Crippen LogP contribution in [0, 0.1) is 5.41 Å². The van der Waals surface area contributed by atoms with Gasteiger partial charge in [-0.25, -0.2) is 0 Å². The van der Waals surface area contributed by atoms with Crippen molar-refractivity contribution in [2.75, 3.05) is 6.61 Å². The first kappa shape index (κ1) is 13.1. The second kappa shape index (κ2) is 4.05. The molecule has 0 aromatic carbocycles. The third-order valence-electron chi connectivity index (χ3n) is 5.26. The van der Waals surface area contributed by atoms with Crippen LogP contribution in [-0.4, -0.2) is 21.9 Å². The van der Waals surface area contributed by atoms with E-state index in [0.717, 1.165) is 50.3 Å². The van der Waals surface area contributed by atoms with Gasteiger partial charge in [-0.15, -0.1) is 10.2 Å². The van der Waals surface area contributed by atoms with Crippen LogP contribution in [-0.2, 0) is 10.8 Å². The van der Waals surface area contributed by atoms with E-state index in [1.54, 1.807) is 0 Å². The van der Waals surface area contributed by atoms with Crippen molar-refractivity contribution in [3.8, 4) is 0 Å². The van der Waals surface area contributed by atoms with E-state index in [9.17, 15) is 5.11 Å². The van der Waals surface area contributed by atoms with Crippen LogP contribution in [0.4, 0.5) is 0 Å². The highest BCUT2D eigenvalue weighted by molar-refractivity contribution is 5.14. The molecule has 0 radical (unpaired) electrons. The van der Waals surface area contributed by atoms with Gasteiger partial charge in [0.05, 0.1) is 0 Å². The van der Waals surface area contributed by atoms with E-state index >= 15 is 0 Å². The highest BCUT2D eigenvalue weighted by Gasteiger charge is 2.51. The molecule has 0 unspecified atom stereocenters. The Morgan fingerprint density at radius 3 is 2.05 bits per heavy atom. The second-order valence-corrected chi connectivity index (χ2v) is 7.60. The lowest BCUT2D eigenvalue weighted by Crippen LogP contribution is -2.46. The number of aliphatic hydroxyl groups excluding tert-OH is 1. The Kier molecular flexibility index (Phi) is 2.79. The van der Waals surface area contributed by atoms with Crippen molar-refractivity contribution >= 4 is 0 Å². The maximum atomic E-state index is 9.58. The number of hydrogen-bond acceptors (Lipinski definition) is 4. The van der Waals surface area contributed by atoms with E-state index in [0.29, 0.717) is 6.61 Å². The highest BCUT2D eigenvalue weighted by Crippen LogP contribution is 2.57. The van der Waals surface area contributed by atoms with Gasteiger partial charge in [0.15, 0.2) is 0 Å². The minimum Gasteiger partial charge on any atom is -0.424 e. The van der Waals surface area contributed by atoms with Crippen LogP contribution in [0.5, 0.6) is 0 Å². The first-order chi connectivity index (χ1) is 8.89. The number of fused-ring (bicyclic) bond motifs is 3. The molecule has 0 amide bonds. The lowest BCUT2D eigenvalue weighted by molar-refractivity contribution is -0.0164. The Bertz CT molecular complexity index is 448. The van der Waals surface area contributed by atoms with Gasteiger partial charge in [-0.1, -0.05) is 20.8 Å². The average molecular weight is 264 g/mol. The third-order valence-corrected chi connectivity index (χ3v) is 5.26. The molecule has 1 heterocycles. The molecule has 1 aromatic rings. The second-order valence-electron chi connectivity index (χ2n) is 7.60. The van der Waals surface area contributed by atoms with Gasteiger partial charge >= 0.3 is 0 Å². The van der Waals surface area contributed by atoms with Gasteiger partial charge in [0.2, 0.25) is 11.8 Å². The summed E-state index contributed by atoms with van der Waals surface area (Å²) >= 11 is 0. The molecule has 106 valence electrons. The van der Waals surface area contributed by atoms with Crippen LogP contribution in [0.1, 0.15) is 71.1 Å². The van der Waals surface area contributed by atoms with Crippen LogP contribution in [0.25, 0.3) is 0 Å². The molecular weight excluding hydrogens is 240 g/mol. The zero-order chi connectivity index (χ0) is 13.7. The van der Waals surface area contributed by atoms with Crippen molar-refractivity contribution in [1.29, 1.82) is 0 Å². The molecule has 0 spiro atoms. The van der Waals surface area contributed by atoms with Gasteiger partial charge in [0, 0.05) is 17.4 Å². The zero-order valence-corrected chi connectivity index (χ0v) is 12.2. The normalized spacial score (nSPS) is 34.7. The average Bonchev–Trinajstić information content (AvgIpc) is 2.91. The molecule has 3 aliphatic rings. The first-order valence-electron chi connectivity index (χ1n) is 7.35. The summed E-state index contributed by atoms with van der Waals surface area (Å²) in [6, 6.07) is 0. The van der Waals surface area contributed by atoms with Crippen LogP contribution < -0.4 is 0 Å². The summed E-state index contributed by atoms with van der Waals surface area (Å²) in [5, 5.41) is 18.2. The largest absolute Gasteiger partial charge is 0.424 e. The zero-order valence-electron chi connectivity index (χ0n) is 12.2. The summed E-state index contributed by atoms with van der Waals surface area (Å²) in [7, 11) is 0. The summed E-state index contributed by atoms with van der Waals surface area (Å²) in [4.78, 5) is 0. The van der Waals surface area contributed by atoms with E-state index in [1.165, 1.54) is 0 Å². The maximum Gasteiger partial charge on any atom is 0.222 e. The molecule has 0 aliphatic heterocycles. The predicted molar refractivity (Wildman–Crippen MR) is 71.9 cm³/mol. The Morgan fingerprint density at radius 1 is 1.05 bits per heavy atom. The number of hydrogen-bond donors (Lipinski definition) is 1. The monoisotopic (exact) mass is 264 g/mol. The Balaban J connectivity index is 1.86. The summed E-state index contributed by atoms with van der Waals surface area (Å²) in [6.45, 7) is 6.63. The summed E-state index contributed by atoms with van der Waals surface area (Å²) in [6.07, 6.45) is 6.53. The molecule has 0 atom stereocenters. The fourth-order valence-corrected chi connectivity index (χ4v) is 3.56. The molecular formula is C15H24N2O2. The van der Waals surface area contributed by atoms with Gasteiger partial charge in [0.25, 0.3) is 0 Å². The van der Waals surface area contributed by atoms with Crippen LogP contribution in [0.2, 0.25) is 0 Å². The van der Waals surface area contributed by atoms with Crippen molar-refractivity contribution in [1.82, 2.24) is 10.2 Å². The summed E-state index contributed by atoms with van der Waals surface area (Å²) in [5.74, 6) is 1.57. The molecule has 4 rings (SSSR count). The van der Waals surface area contributed by atoms with Crippen molar-refractivity contribution in [2.45, 2.75) is 70.1 Å². The van der Waals surface area contributed by atoms with Gasteiger partial charge in [-0.3, -0.25) is 0 Å². The summed E-state index contributed by atoms with van der Waals surface area (Å²) in [5.41, 5.74) is 0.197. The van der Waals surface area contributed by atoms with Crippen molar-refractivity contribution < 1.29 is 9.52 Å². The minimum absolute atomic E-state index is 0.0833. The molecule has 3 saturated carbocycles. The number of aliphatic hydroxyl groups is 1. The predicted octanol–water partition coefficient (Wildman–Crippen LogP) is 2.95. The van der Waals surface area contributed by atoms with Crippen molar-refractivity contribution in [3.05, 3.63) is 11.8 Å². The molecule has 4 heteroatoms. The number of rotatable bonds is 2. The fourth-order valence-electron chi connectivity index (χ4n) is 3.56. The van der Waals surface area contributed by atoms with Gasteiger partial charge in [-0.05, 0) is 43.9 Å². The van der Waals surface area contributed by atoms with Crippen molar-refractivity contribution in [3.63, 3.8) is 0 Å². The maximum absolute atomic E-state index is 9.58. The fraction of sp³-hybridized carbons (Fsp3) is 0.867. The number of aromatic nitrogens is 2. The molecule has 0 saturated heterocycles. The van der Waals surface area contributed by atoms with E-state index in [-0.39, 0.29) is 16.2 Å². The molecule has 3 aliphatic carbocycles. The standard InChI is InChI=1S/C15H24N2O2/c1-13(2,3)11-16-17-12(19-11)15-7-4-14(10-18,5-8-15)6-9-15/h18H,4-10H2,1-3H3. The van der Waals surface area contributed by atoms with Gasteiger partial charge < -0.3 is 9.52 Å². The summed E-state index contributed by atoms with van der Waals surface area (Å²) < 4.78 is 5.99. The number of nitrogens with zero attached hydrogens (tertiary/aromatic N) is 2. The first-order valence-corrected chi connectivity index (χ1v) is 7.35. The Labute approximate surface area is 114 Å². The molecule has 4 nitrogen and oxygen atoms in total. The Hall–Kier alpha value is -0.900. The van der Waals surface area contributed by atoms with Gasteiger partial charge in [0.1, 0.15) is 0 Å². The third kappa shape index (κ3) is 2.00. The van der Waals surface area contributed by atoms with Crippen LogP contribution >= 0.6 is 0 Å². The highest BCUT2D eigenvalue weighted by atomic mass is 16.4. The van der Waals surface area contributed by atoms with Gasteiger partial charge in [-0.2, -0.15) is 0 Å². The van der Waals surface area contributed by atoms with Crippen LogP contribution in [0.3, 0.4) is 0 Å². The quantitative estimate of drug-likeness (QED) is 0.892. The molecule has 19 heavy (non-hydrogen) atoms. The minimum atomic E-state index is -0.0833.